The van der Waals surface area contributed by atoms with Gasteiger partial charge in [-0.25, -0.2) is 23.1 Å². The van der Waals surface area contributed by atoms with Crippen molar-refractivity contribution in [3.8, 4) is 10.6 Å². The molecule has 0 spiro atoms. The van der Waals surface area contributed by atoms with Gasteiger partial charge in [0.15, 0.2) is 0 Å². The Labute approximate surface area is 193 Å². The van der Waals surface area contributed by atoms with Crippen LogP contribution in [0.15, 0.2) is 53.9 Å². The predicted octanol–water partition coefficient (Wildman–Crippen LogP) is 3.81. The van der Waals surface area contributed by atoms with Crippen LogP contribution in [0.25, 0.3) is 10.6 Å². The van der Waals surface area contributed by atoms with Gasteiger partial charge in [-0.2, -0.15) is 0 Å². The van der Waals surface area contributed by atoms with Crippen LogP contribution in [0.3, 0.4) is 0 Å². The maximum absolute atomic E-state index is 12.6. The molecule has 3 aromatic rings. The smallest absolute Gasteiger partial charge is 0.215 e. The molecule has 6 rings (SSSR count). The first-order chi connectivity index (χ1) is 15.5. The largest absolute Gasteiger partial charge is 0.298 e. The van der Waals surface area contributed by atoms with Gasteiger partial charge in [0.05, 0.1) is 16.3 Å². The molecular formula is C24H28N4O2S2. The second kappa shape index (κ2) is 9.02. The lowest BCUT2D eigenvalue weighted by molar-refractivity contribution is 0.0317. The quantitative estimate of drug-likeness (QED) is 0.571. The van der Waals surface area contributed by atoms with Gasteiger partial charge in [0.2, 0.25) is 10.0 Å². The number of fused-ring (bicyclic) bond motifs is 3. The molecular weight excluding hydrogens is 440 g/mol. The van der Waals surface area contributed by atoms with Gasteiger partial charge in [0.25, 0.3) is 0 Å². The molecule has 5 heterocycles. The highest BCUT2D eigenvalue weighted by Gasteiger charge is 2.41. The van der Waals surface area contributed by atoms with E-state index in [1.807, 2.05) is 37.3 Å². The lowest BCUT2D eigenvalue weighted by atomic mass is 9.74. The Morgan fingerprint density at radius 1 is 1.16 bits per heavy atom. The molecule has 3 fully saturated rings. The van der Waals surface area contributed by atoms with Crippen molar-refractivity contribution in [3.63, 3.8) is 0 Å². The molecule has 4 atom stereocenters. The molecule has 0 aliphatic carbocycles. The number of benzene rings is 1. The van der Waals surface area contributed by atoms with Crippen molar-refractivity contribution in [1.29, 1.82) is 0 Å². The number of sulfonamides is 1. The third kappa shape index (κ3) is 4.78. The van der Waals surface area contributed by atoms with E-state index in [2.05, 4.69) is 38.2 Å². The minimum atomic E-state index is -3.35. The van der Waals surface area contributed by atoms with Crippen LogP contribution >= 0.6 is 11.3 Å². The number of nitrogens with zero attached hydrogens (tertiary/aromatic N) is 3. The maximum atomic E-state index is 12.6. The van der Waals surface area contributed by atoms with Crippen LogP contribution in [0.5, 0.6) is 0 Å². The maximum Gasteiger partial charge on any atom is 0.215 e. The van der Waals surface area contributed by atoms with E-state index in [1.54, 1.807) is 11.3 Å². The highest BCUT2D eigenvalue weighted by Crippen LogP contribution is 2.42. The average Bonchev–Trinajstić information content (AvgIpc) is 3.33. The molecule has 0 saturated carbocycles. The van der Waals surface area contributed by atoms with Gasteiger partial charge in [0.1, 0.15) is 5.82 Å². The van der Waals surface area contributed by atoms with E-state index in [0.29, 0.717) is 18.4 Å². The Kier molecular flexibility index (Phi) is 6.11. The summed E-state index contributed by atoms with van der Waals surface area (Å²) in [6.45, 7) is 4.39. The molecule has 1 aromatic carbocycles. The van der Waals surface area contributed by atoms with Gasteiger partial charge in [0, 0.05) is 30.7 Å². The van der Waals surface area contributed by atoms with Crippen molar-refractivity contribution < 1.29 is 8.42 Å². The number of rotatable bonds is 7. The Balaban J connectivity index is 1.25. The highest BCUT2D eigenvalue weighted by molar-refractivity contribution is 7.88. The summed E-state index contributed by atoms with van der Waals surface area (Å²) in [5.41, 5.74) is 2.94. The molecule has 6 nitrogen and oxygen atoms in total. The lowest BCUT2D eigenvalue weighted by Gasteiger charge is -2.49. The van der Waals surface area contributed by atoms with Gasteiger partial charge in [-0.1, -0.05) is 36.4 Å². The zero-order valence-corrected chi connectivity index (χ0v) is 19.8. The first-order valence-electron chi connectivity index (χ1n) is 11.1. The molecule has 0 amide bonds. The summed E-state index contributed by atoms with van der Waals surface area (Å²) in [4.78, 5) is 13.1. The van der Waals surface area contributed by atoms with Gasteiger partial charge in [-0.15, -0.1) is 11.3 Å². The molecule has 3 aliphatic heterocycles. The van der Waals surface area contributed by atoms with Gasteiger partial charge < -0.3 is 0 Å². The van der Waals surface area contributed by atoms with E-state index in [9.17, 15) is 8.42 Å². The molecule has 3 aliphatic rings. The van der Waals surface area contributed by atoms with Crippen LogP contribution in [-0.2, 0) is 15.8 Å². The van der Waals surface area contributed by atoms with Gasteiger partial charge >= 0.3 is 0 Å². The third-order valence-electron chi connectivity index (χ3n) is 6.63. The van der Waals surface area contributed by atoms with E-state index < -0.39 is 10.0 Å². The fourth-order valence-electron chi connectivity index (χ4n) is 5.08. The third-order valence-corrected chi connectivity index (χ3v) is 8.84. The zero-order chi connectivity index (χ0) is 22.1. The summed E-state index contributed by atoms with van der Waals surface area (Å²) in [7, 11) is -3.35. The summed E-state index contributed by atoms with van der Waals surface area (Å²) >= 11 is 1.70. The topological polar surface area (TPSA) is 75.2 Å². The van der Waals surface area contributed by atoms with Gasteiger partial charge in [-0.05, 0) is 55.3 Å². The Bertz CT molecular complexity index is 1170. The summed E-state index contributed by atoms with van der Waals surface area (Å²) in [6.07, 6.45) is 2.13. The van der Waals surface area contributed by atoms with Crippen LogP contribution in [0, 0.1) is 12.8 Å². The van der Waals surface area contributed by atoms with Crippen LogP contribution < -0.4 is 4.72 Å². The van der Waals surface area contributed by atoms with E-state index >= 15 is 0 Å². The summed E-state index contributed by atoms with van der Waals surface area (Å²) in [5.74, 6) is 1.74. The second-order valence-electron chi connectivity index (χ2n) is 8.84. The van der Waals surface area contributed by atoms with Crippen LogP contribution in [0.2, 0.25) is 0 Å². The molecule has 0 radical (unpaired) electrons. The number of aryl methyl sites for hydroxylation is 1. The van der Waals surface area contributed by atoms with Crippen molar-refractivity contribution in [1.82, 2.24) is 19.6 Å². The monoisotopic (exact) mass is 468 g/mol. The van der Waals surface area contributed by atoms with Crippen molar-refractivity contribution in [2.24, 2.45) is 5.92 Å². The minimum Gasteiger partial charge on any atom is -0.298 e. The molecule has 2 aromatic heterocycles. The molecule has 1 N–H and O–H groups in total. The first-order valence-corrected chi connectivity index (χ1v) is 13.6. The standard InChI is InChI=1S/C24H28N4O2S2/c1-17-26-22(13-23(27-17)24-8-5-11-31-24)21-15-28-10-9-19(21)12-20(28)14-25-32(29,30)16-18-6-3-2-4-7-18/h2-8,11,13,19-21,25H,9-10,12,14-16H2,1H3/t19-,20+,21-/m0/s1. The number of hydrogen-bond acceptors (Lipinski definition) is 6. The number of aromatic nitrogens is 2. The summed E-state index contributed by atoms with van der Waals surface area (Å²) in [6, 6.07) is 15.9. The van der Waals surface area contributed by atoms with Crippen molar-refractivity contribution in [2.45, 2.75) is 37.5 Å². The average molecular weight is 469 g/mol. The van der Waals surface area contributed by atoms with E-state index in [4.69, 9.17) is 4.98 Å². The van der Waals surface area contributed by atoms with Crippen molar-refractivity contribution in [3.05, 3.63) is 71.0 Å². The first kappa shape index (κ1) is 21.7. The molecule has 1 unspecified atom stereocenters. The number of thiophene rings is 1. The molecule has 8 heteroatoms. The van der Waals surface area contributed by atoms with E-state index in [0.717, 1.165) is 48.7 Å². The van der Waals surface area contributed by atoms with Crippen molar-refractivity contribution >= 4 is 21.4 Å². The number of hydrogen-bond donors (Lipinski definition) is 1. The SMILES string of the molecule is Cc1nc(-c2cccs2)cc([C@H]2CN3CC[C@H]2C[C@@H]3CNS(=O)(=O)Cc2ccccc2)n1. The van der Waals surface area contributed by atoms with Crippen LogP contribution in [-0.4, -0.2) is 49.0 Å². The Morgan fingerprint density at radius 2 is 2.00 bits per heavy atom. The highest BCUT2D eigenvalue weighted by atomic mass is 32.2. The van der Waals surface area contributed by atoms with E-state index in [1.165, 1.54) is 4.88 Å². The normalized spacial score (nSPS) is 25.2. The summed E-state index contributed by atoms with van der Waals surface area (Å²) < 4.78 is 28.0. The lowest BCUT2D eigenvalue weighted by Crippen LogP contribution is -2.56. The Morgan fingerprint density at radius 3 is 2.72 bits per heavy atom. The zero-order valence-electron chi connectivity index (χ0n) is 18.1. The summed E-state index contributed by atoms with van der Waals surface area (Å²) in [5, 5.41) is 2.07. The van der Waals surface area contributed by atoms with Crippen LogP contribution in [0.1, 0.15) is 35.8 Å². The van der Waals surface area contributed by atoms with Gasteiger partial charge in [-0.3, -0.25) is 4.90 Å². The predicted molar refractivity (Wildman–Crippen MR) is 128 cm³/mol. The molecule has 32 heavy (non-hydrogen) atoms. The molecule has 2 bridgehead atoms. The second-order valence-corrected chi connectivity index (χ2v) is 11.6. The number of nitrogens with one attached hydrogen (secondary N) is 1. The fraction of sp³-hybridized carbons (Fsp3) is 0.417. The van der Waals surface area contributed by atoms with Crippen molar-refractivity contribution in [2.75, 3.05) is 19.6 Å². The van der Waals surface area contributed by atoms with E-state index in [-0.39, 0.29) is 11.8 Å². The molecule has 168 valence electrons. The Hall–Kier alpha value is -2.13. The minimum absolute atomic E-state index is 0.0261. The number of piperidine rings is 3. The fourth-order valence-corrected chi connectivity index (χ4v) is 6.95. The molecule has 3 saturated heterocycles. The van der Waals surface area contributed by atoms with Crippen LogP contribution in [0.4, 0.5) is 0 Å².